The van der Waals surface area contributed by atoms with Gasteiger partial charge in [-0.1, -0.05) is 11.3 Å². The lowest BCUT2D eigenvalue weighted by Crippen LogP contribution is -2.12. The van der Waals surface area contributed by atoms with Gasteiger partial charge in [-0.2, -0.15) is 0 Å². The van der Waals surface area contributed by atoms with Crippen LogP contribution in [-0.4, -0.2) is 31.7 Å². The molecule has 0 radical (unpaired) electrons. The van der Waals surface area contributed by atoms with Crippen LogP contribution in [0.4, 0.5) is 5.13 Å². The van der Waals surface area contributed by atoms with Crippen molar-refractivity contribution in [2.45, 2.75) is 6.92 Å². The van der Waals surface area contributed by atoms with E-state index in [1.807, 2.05) is 25.1 Å². The average Bonchev–Trinajstić information content (AvgIpc) is 3.03. The number of ether oxygens (including phenoxy) is 3. The van der Waals surface area contributed by atoms with Gasteiger partial charge in [-0.3, -0.25) is 10.1 Å². The fourth-order valence-corrected chi connectivity index (χ4v) is 3.83. The van der Waals surface area contributed by atoms with Crippen LogP contribution in [0.15, 0.2) is 34.8 Å². The van der Waals surface area contributed by atoms with E-state index in [9.17, 15) is 4.79 Å². The van der Waals surface area contributed by atoms with E-state index >= 15 is 0 Å². The predicted octanol–water partition coefficient (Wildman–Crippen LogP) is 4.73. The van der Waals surface area contributed by atoms with Crippen LogP contribution >= 0.6 is 27.3 Å². The summed E-state index contributed by atoms with van der Waals surface area (Å²) in [4.78, 5) is 17.1. The summed E-state index contributed by atoms with van der Waals surface area (Å²) in [6, 6.07) is 8.93. The summed E-state index contributed by atoms with van der Waals surface area (Å²) in [7, 11) is 3.06. The van der Waals surface area contributed by atoms with Crippen molar-refractivity contribution in [2.24, 2.45) is 0 Å². The van der Waals surface area contributed by atoms with Gasteiger partial charge in [0.25, 0.3) is 5.91 Å². The lowest BCUT2D eigenvalue weighted by Gasteiger charge is -2.11. The second kappa shape index (κ2) is 7.92. The van der Waals surface area contributed by atoms with Gasteiger partial charge in [0.2, 0.25) is 0 Å². The fourth-order valence-electron chi connectivity index (χ4n) is 2.38. The summed E-state index contributed by atoms with van der Waals surface area (Å²) in [5.74, 6) is 1.52. The van der Waals surface area contributed by atoms with Crippen LogP contribution in [0.25, 0.3) is 10.2 Å². The summed E-state index contributed by atoms with van der Waals surface area (Å²) in [6.07, 6.45) is 0. The molecule has 6 nitrogen and oxygen atoms in total. The number of thiazole rings is 1. The Morgan fingerprint density at radius 1 is 1.19 bits per heavy atom. The number of amides is 1. The van der Waals surface area contributed by atoms with Crippen molar-refractivity contribution in [3.63, 3.8) is 0 Å². The molecule has 0 atom stereocenters. The normalized spacial score (nSPS) is 10.6. The zero-order chi connectivity index (χ0) is 18.7. The SMILES string of the molecule is CCOc1ccc2nc(NC(=O)c3cc(OC)c(Br)c(OC)c3)sc2c1. The number of anilines is 1. The minimum absolute atomic E-state index is 0.293. The van der Waals surface area contributed by atoms with Crippen molar-refractivity contribution in [1.29, 1.82) is 0 Å². The Bertz CT molecular complexity index is 933. The summed E-state index contributed by atoms with van der Waals surface area (Å²) in [5.41, 5.74) is 1.22. The highest BCUT2D eigenvalue weighted by molar-refractivity contribution is 9.10. The van der Waals surface area contributed by atoms with E-state index in [2.05, 4.69) is 26.2 Å². The molecule has 3 rings (SSSR count). The van der Waals surface area contributed by atoms with E-state index in [4.69, 9.17) is 14.2 Å². The largest absolute Gasteiger partial charge is 0.495 e. The second-order valence-corrected chi connectivity index (χ2v) is 7.05. The number of carbonyl (C=O) groups excluding carboxylic acids is 1. The van der Waals surface area contributed by atoms with Crippen LogP contribution in [-0.2, 0) is 0 Å². The molecular formula is C18H17BrN2O4S. The Kier molecular flexibility index (Phi) is 5.63. The molecule has 0 unspecified atom stereocenters. The Morgan fingerprint density at radius 3 is 2.50 bits per heavy atom. The van der Waals surface area contributed by atoms with E-state index < -0.39 is 0 Å². The standard InChI is InChI=1S/C18H17BrN2O4S/c1-4-25-11-5-6-12-15(9-11)26-18(20-12)21-17(22)10-7-13(23-2)16(19)14(8-10)24-3/h5-9H,4H2,1-3H3,(H,20,21,22). The molecule has 1 amide bonds. The topological polar surface area (TPSA) is 69.7 Å². The summed E-state index contributed by atoms with van der Waals surface area (Å²) >= 11 is 4.78. The molecule has 1 N–H and O–H groups in total. The number of halogens is 1. The third kappa shape index (κ3) is 3.76. The molecule has 26 heavy (non-hydrogen) atoms. The van der Waals surface area contributed by atoms with Gasteiger partial charge >= 0.3 is 0 Å². The molecule has 0 fully saturated rings. The Balaban J connectivity index is 1.86. The zero-order valence-corrected chi connectivity index (χ0v) is 16.9. The summed E-state index contributed by atoms with van der Waals surface area (Å²) < 4.78 is 17.6. The number of nitrogens with one attached hydrogen (secondary N) is 1. The Hall–Kier alpha value is -2.32. The molecule has 1 heterocycles. The van der Waals surface area contributed by atoms with Crippen LogP contribution in [0.2, 0.25) is 0 Å². The van der Waals surface area contributed by atoms with Crippen molar-refractivity contribution < 1.29 is 19.0 Å². The summed E-state index contributed by atoms with van der Waals surface area (Å²) in [6.45, 7) is 2.53. The number of rotatable bonds is 6. The van der Waals surface area contributed by atoms with Gasteiger partial charge in [-0.15, -0.1) is 0 Å². The molecule has 136 valence electrons. The maximum absolute atomic E-state index is 12.6. The van der Waals surface area contributed by atoms with Crippen LogP contribution in [0, 0.1) is 0 Å². The molecule has 0 aliphatic heterocycles. The number of hydrogen-bond donors (Lipinski definition) is 1. The fraction of sp³-hybridized carbons (Fsp3) is 0.222. The number of carbonyl (C=O) groups is 1. The van der Waals surface area contributed by atoms with Crippen molar-refractivity contribution in [3.05, 3.63) is 40.4 Å². The first-order valence-electron chi connectivity index (χ1n) is 7.82. The monoisotopic (exact) mass is 436 g/mol. The van der Waals surface area contributed by atoms with E-state index in [0.29, 0.717) is 33.3 Å². The van der Waals surface area contributed by atoms with Gasteiger partial charge in [0.05, 0.1) is 31.0 Å². The number of aromatic nitrogens is 1. The maximum Gasteiger partial charge on any atom is 0.257 e. The van der Waals surface area contributed by atoms with Gasteiger partial charge < -0.3 is 14.2 Å². The molecular weight excluding hydrogens is 420 g/mol. The van der Waals surface area contributed by atoms with E-state index in [1.165, 1.54) is 25.6 Å². The van der Waals surface area contributed by atoms with Crippen molar-refractivity contribution in [3.8, 4) is 17.2 Å². The van der Waals surface area contributed by atoms with E-state index in [1.54, 1.807) is 12.1 Å². The third-order valence-electron chi connectivity index (χ3n) is 3.60. The summed E-state index contributed by atoms with van der Waals surface area (Å²) in [5, 5.41) is 3.34. The molecule has 0 bridgehead atoms. The van der Waals surface area contributed by atoms with Gasteiger partial charge in [0, 0.05) is 5.56 Å². The number of hydrogen-bond acceptors (Lipinski definition) is 6. The first-order chi connectivity index (χ1) is 12.5. The van der Waals surface area contributed by atoms with E-state index in [0.717, 1.165) is 16.0 Å². The second-order valence-electron chi connectivity index (χ2n) is 5.23. The first kappa shape index (κ1) is 18.5. The highest BCUT2D eigenvalue weighted by Gasteiger charge is 2.16. The molecule has 0 spiro atoms. The smallest absolute Gasteiger partial charge is 0.257 e. The third-order valence-corrected chi connectivity index (χ3v) is 5.31. The highest BCUT2D eigenvalue weighted by atomic mass is 79.9. The minimum Gasteiger partial charge on any atom is -0.495 e. The van der Waals surface area contributed by atoms with Gasteiger partial charge in [-0.05, 0) is 53.2 Å². The van der Waals surface area contributed by atoms with Crippen LogP contribution in [0.5, 0.6) is 17.2 Å². The maximum atomic E-state index is 12.6. The van der Waals surface area contributed by atoms with Crippen molar-refractivity contribution in [1.82, 2.24) is 4.98 Å². The lowest BCUT2D eigenvalue weighted by molar-refractivity contribution is 0.102. The quantitative estimate of drug-likeness (QED) is 0.604. The highest BCUT2D eigenvalue weighted by Crippen LogP contribution is 2.36. The molecule has 0 saturated carbocycles. The van der Waals surface area contributed by atoms with Crippen molar-refractivity contribution in [2.75, 3.05) is 26.1 Å². The van der Waals surface area contributed by atoms with Gasteiger partial charge in [0.1, 0.15) is 21.7 Å². The number of fused-ring (bicyclic) bond motifs is 1. The number of methoxy groups -OCH3 is 2. The first-order valence-corrected chi connectivity index (χ1v) is 9.43. The predicted molar refractivity (Wildman–Crippen MR) is 106 cm³/mol. The van der Waals surface area contributed by atoms with Crippen LogP contribution < -0.4 is 19.5 Å². The number of nitrogens with zero attached hydrogens (tertiary/aromatic N) is 1. The lowest BCUT2D eigenvalue weighted by atomic mass is 10.2. The minimum atomic E-state index is -0.293. The van der Waals surface area contributed by atoms with Crippen LogP contribution in [0.1, 0.15) is 17.3 Å². The molecule has 3 aromatic rings. The Morgan fingerprint density at radius 2 is 1.88 bits per heavy atom. The Labute approximate surface area is 163 Å². The molecule has 2 aromatic carbocycles. The van der Waals surface area contributed by atoms with E-state index in [-0.39, 0.29) is 5.91 Å². The molecule has 0 aliphatic rings. The van der Waals surface area contributed by atoms with Crippen molar-refractivity contribution >= 4 is 48.5 Å². The number of benzene rings is 2. The average molecular weight is 437 g/mol. The van der Waals surface area contributed by atoms with Gasteiger partial charge in [-0.25, -0.2) is 4.98 Å². The molecule has 8 heteroatoms. The van der Waals surface area contributed by atoms with Crippen LogP contribution in [0.3, 0.4) is 0 Å². The molecule has 1 aromatic heterocycles. The molecule has 0 saturated heterocycles. The molecule has 0 aliphatic carbocycles. The zero-order valence-electron chi connectivity index (χ0n) is 14.5. The van der Waals surface area contributed by atoms with Gasteiger partial charge in [0.15, 0.2) is 5.13 Å².